The van der Waals surface area contributed by atoms with E-state index in [9.17, 15) is 0 Å². The molecule has 0 amide bonds. The van der Waals surface area contributed by atoms with Crippen LogP contribution in [0.5, 0.6) is 0 Å². The summed E-state index contributed by atoms with van der Waals surface area (Å²) in [5.74, 6) is 0.203. The van der Waals surface area contributed by atoms with E-state index in [-0.39, 0.29) is 12.5 Å². The second kappa shape index (κ2) is 4.58. The van der Waals surface area contributed by atoms with Crippen molar-refractivity contribution in [3.63, 3.8) is 0 Å². The zero-order chi connectivity index (χ0) is 9.14. The fraction of sp³-hybridized carbons (Fsp3) is 0.333. The minimum Gasteiger partial charge on any atom is -0.396 e. The van der Waals surface area contributed by atoms with Crippen molar-refractivity contribution in [2.45, 2.75) is 12.8 Å². The van der Waals surface area contributed by atoms with Gasteiger partial charge in [0.25, 0.3) is 0 Å². The van der Waals surface area contributed by atoms with Crippen LogP contribution in [0.4, 0.5) is 0 Å². The lowest BCUT2D eigenvalue weighted by Gasteiger charge is -2.11. The first-order valence-corrected chi connectivity index (χ1v) is 5.58. The predicted molar refractivity (Wildman–Crippen MR) is 62.4 cm³/mol. The van der Waals surface area contributed by atoms with Crippen molar-refractivity contribution in [2.24, 2.45) is 0 Å². The smallest absolute Gasteiger partial charge is 0.0497 e. The number of hydrogen-bond donors (Lipinski definition) is 1. The van der Waals surface area contributed by atoms with Gasteiger partial charge in [-0.2, -0.15) is 0 Å². The summed E-state index contributed by atoms with van der Waals surface area (Å²) in [7, 11) is 0. The van der Waals surface area contributed by atoms with Gasteiger partial charge in [-0.25, -0.2) is 0 Å². The average Bonchev–Trinajstić information content (AvgIpc) is 2.08. The molecule has 1 aromatic rings. The molecule has 1 nitrogen and oxygen atoms in total. The van der Waals surface area contributed by atoms with E-state index in [2.05, 4.69) is 38.5 Å². The molecule has 0 aliphatic carbocycles. The highest BCUT2D eigenvalue weighted by atomic mass is 127. The molecule has 1 aromatic carbocycles. The Morgan fingerprint density at radius 2 is 2.25 bits per heavy atom. The molecule has 0 fully saturated rings. The summed E-state index contributed by atoms with van der Waals surface area (Å²) in [6.45, 7) is 2.20. The average molecular weight is 341 g/mol. The molecule has 0 bridgehead atoms. The van der Waals surface area contributed by atoms with E-state index in [1.165, 1.54) is 9.13 Å². The minimum atomic E-state index is 0.193. The van der Waals surface area contributed by atoms with Crippen LogP contribution in [0, 0.1) is 3.57 Å². The summed E-state index contributed by atoms with van der Waals surface area (Å²) in [5.41, 5.74) is 1.17. The third kappa shape index (κ3) is 2.20. The fourth-order valence-electron chi connectivity index (χ4n) is 0.999. The zero-order valence-electron chi connectivity index (χ0n) is 6.72. The number of rotatable bonds is 2. The Morgan fingerprint density at radius 3 is 2.83 bits per heavy atom. The molecule has 0 saturated carbocycles. The van der Waals surface area contributed by atoms with E-state index in [1.807, 2.05) is 25.1 Å². The van der Waals surface area contributed by atoms with Crippen molar-refractivity contribution in [3.8, 4) is 0 Å². The van der Waals surface area contributed by atoms with Crippen LogP contribution in [-0.2, 0) is 0 Å². The van der Waals surface area contributed by atoms with Gasteiger partial charge in [-0.1, -0.05) is 19.1 Å². The van der Waals surface area contributed by atoms with Gasteiger partial charge in [0.05, 0.1) is 0 Å². The van der Waals surface area contributed by atoms with E-state index in [4.69, 9.17) is 5.11 Å². The molecule has 0 aliphatic heterocycles. The summed E-state index contributed by atoms with van der Waals surface area (Å²) in [6.07, 6.45) is 0. The van der Waals surface area contributed by atoms with Gasteiger partial charge in [-0.05, 0) is 50.2 Å². The maximum Gasteiger partial charge on any atom is 0.0497 e. The van der Waals surface area contributed by atoms with Gasteiger partial charge in [-0.15, -0.1) is 0 Å². The van der Waals surface area contributed by atoms with Crippen LogP contribution in [0.15, 0.2) is 22.7 Å². The van der Waals surface area contributed by atoms with Gasteiger partial charge in [0, 0.05) is 20.6 Å². The first-order valence-electron chi connectivity index (χ1n) is 3.71. The van der Waals surface area contributed by atoms with Crippen LogP contribution >= 0.6 is 38.5 Å². The monoisotopic (exact) mass is 340 g/mol. The Labute approximate surface area is 94.4 Å². The minimum absolute atomic E-state index is 0.193. The molecule has 0 spiro atoms. The molecule has 0 radical (unpaired) electrons. The first kappa shape index (κ1) is 10.5. The van der Waals surface area contributed by atoms with E-state index in [0.29, 0.717) is 0 Å². The molecule has 3 heteroatoms. The van der Waals surface area contributed by atoms with E-state index >= 15 is 0 Å². The molecular weight excluding hydrogens is 331 g/mol. The highest BCUT2D eigenvalue weighted by Crippen LogP contribution is 2.28. The van der Waals surface area contributed by atoms with E-state index < -0.39 is 0 Å². The Bertz CT molecular complexity index is 275. The largest absolute Gasteiger partial charge is 0.396 e. The molecule has 0 aromatic heterocycles. The first-order chi connectivity index (χ1) is 5.66. The van der Waals surface area contributed by atoms with Crippen molar-refractivity contribution < 1.29 is 5.11 Å². The Morgan fingerprint density at radius 1 is 1.58 bits per heavy atom. The standard InChI is InChI=1S/C9H10BrIO/c1-6(5-12)7-3-2-4-8(11)9(7)10/h2-4,6,12H,5H2,1H3. The molecular formula is C9H10BrIO. The van der Waals surface area contributed by atoms with Crippen LogP contribution in [0.2, 0.25) is 0 Å². The third-order valence-electron chi connectivity index (χ3n) is 1.79. The SMILES string of the molecule is CC(CO)c1cccc(I)c1Br. The molecule has 0 saturated heterocycles. The Kier molecular flexibility index (Phi) is 3.99. The van der Waals surface area contributed by atoms with E-state index in [0.717, 1.165) is 4.47 Å². The van der Waals surface area contributed by atoms with Gasteiger partial charge in [0.15, 0.2) is 0 Å². The van der Waals surface area contributed by atoms with Crippen LogP contribution < -0.4 is 0 Å². The lowest BCUT2D eigenvalue weighted by Crippen LogP contribution is -2.00. The lowest BCUT2D eigenvalue weighted by molar-refractivity contribution is 0.272. The molecule has 0 aliphatic rings. The molecule has 1 rings (SSSR count). The second-order valence-electron chi connectivity index (χ2n) is 2.73. The van der Waals surface area contributed by atoms with Gasteiger partial charge in [-0.3, -0.25) is 0 Å². The third-order valence-corrected chi connectivity index (χ3v) is 4.31. The maximum atomic E-state index is 8.98. The second-order valence-corrected chi connectivity index (χ2v) is 4.68. The van der Waals surface area contributed by atoms with Crippen LogP contribution in [0.25, 0.3) is 0 Å². The highest BCUT2D eigenvalue weighted by Gasteiger charge is 2.09. The summed E-state index contributed by atoms with van der Waals surface area (Å²) in [5, 5.41) is 8.98. The topological polar surface area (TPSA) is 20.2 Å². The fourth-order valence-corrected chi connectivity index (χ4v) is 2.17. The van der Waals surface area contributed by atoms with Crippen LogP contribution in [0.1, 0.15) is 18.4 Å². The normalized spacial score (nSPS) is 13.0. The number of aliphatic hydroxyl groups is 1. The maximum absolute atomic E-state index is 8.98. The van der Waals surface area contributed by atoms with Crippen LogP contribution in [-0.4, -0.2) is 11.7 Å². The van der Waals surface area contributed by atoms with Gasteiger partial charge in [0.1, 0.15) is 0 Å². The van der Waals surface area contributed by atoms with Crippen molar-refractivity contribution in [2.75, 3.05) is 6.61 Å². The van der Waals surface area contributed by atoms with Gasteiger partial charge in [0.2, 0.25) is 0 Å². The summed E-state index contributed by atoms with van der Waals surface area (Å²) in [4.78, 5) is 0. The summed E-state index contributed by atoms with van der Waals surface area (Å²) < 4.78 is 2.29. The molecule has 1 atom stereocenters. The van der Waals surface area contributed by atoms with Crippen molar-refractivity contribution in [3.05, 3.63) is 31.8 Å². The molecule has 66 valence electrons. The van der Waals surface area contributed by atoms with Crippen molar-refractivity contribution >= 4 is 38.5 Å². The number of hydrogen-bond acceptors (Lipinski definition) is 1. The number of benzene rings is 1. The van der Waals surface area contributed by atoms with Gasteiger partial charge < -0.3 is 5.11 Å². The molecule has 0 heterocycles. The Balaban J connectivity index is 3.07. The zero-order valence-corrected chi connectivity index (χ0v) is 10.5. The molecule has 1 N–H and O–H groups in total. The highest BCUT2D eigenvalue weighted by molar-refractivity contribution is 14.1. The van der Waals surface area contributed by atoms with Gasteiger partial charge >= 0.3 is 0 Å². The Hall–Kier alpha value is 0.390. The van der Waals surface area contributed by atoms with E-state index in [1.54, 1.807) is 0 Å². The molecule has 12 heavy (non-hydrogen) atoms. The predicted octanol–water partition coefficient (Wildman–Crippen LogP) is 3.15. The summed E-state index contributed by atoms with van der Waals surface area (Å²) in [6, 6.07) is 6.08. The van der Waals surface area contributed by atoms with Crippen molar-refractivity contribution in [1.29, 1.82) is 0 Å². The number of halogens is 2. The lowest BCUT2D eigenvalue weighted by atomic mass is 10.0. The quantitative estimate of drug-likeness (QED) is 0.820. The molecule has 1 unspecified atom stereocenters. The number of aliphatic hydroxyl groups excluding tert-OH is 1. The van der Waals surface area contributed by atoms with Crippen LogP contribution in [0.3, 0.4) is 0 Å². The van der Waals surface area contributed by atoms with Crippen molar-refractivity contribution in [1.82, 2.24) is 0 Å². The summed E-state index contributed by atoms with van der Waals surface area (Å²) >= 11 is 5.77.